The van der Waals surface area contributed by atoms with Gasteiger partial charge in [-0.05, 0) is 44.9 Å². The predicted molar refractivity (Wildman–Crippen MR) is 305 cm³/mol. The van der Waals surface area contributed by atoms with E-state index < -0.39 is 59.9 Å². The Morgan fingerprint density at radius 3 is 1.22 bits per heavy atom. The van der Waals surface area contributed by atoms with Gasteiger partial charge in [0.15, 0.2) is 6.29 Å². The zero-order valence-electron chi connectivity index (χ0n) is 47.7. The van der Waals surface area contributed by atoms with Crippen molar-refractivity contribution in [1.29, 1.82) is 0 Å². The highest BCUT2D eigenvalue weighted by atomic mass is 32.3. The van der Waals surface area contributed by atoms with Crippen LogP contribution in [0.3, 0.4) is 0 Å². The Bertz CT molecular complexity index is 1400. The van der Waals surface area contributed by atoms with E-state index in [0.29, 0.717) is 6.42 Å². The molecule has 0 spiro atoms. The highest BCUT2D eigenvalue weighted by Gasteiger charge is 2.48. The minimum Gasteiger partial charge on any atom is -0.394 e. The Kier molecular flexibility index (Phi) is 48.7. The van der Waals surface area contributed by atoms with Crippen LogP contribution in [-0.4, -0.2) is 95.4 Å². The minimum atomic E-state index is -5.09. The summed E-state index contributed by atoms with van der Waals surface area (Å²) in [6, 6.07) is -0.942. The van der Waals surface area contributed by atoms with Crippen LogP contribution in [0.25, 0.3) is 0 Å². The number of rotatable bonds is 55. The first-order chi connectivity index (χ1) is 36.0. The van der Waals surface area contributed by atoms with Gasteiger partial charge in [-0.3, -0.25) is 9.35 Å². The lowest BCUT2D eigenvalue weighted by atomic mass is 9.99. The van der Waals surface area contributed by atoms with E-state index in [9.17, 15) is 38.2 Å². The van der Waals surface area contributed by atoms with Gasteiger partial charge in [0, 0.05) is 6.42 Å². The molecule has 0 radical (unpaired) electrons. The van der Waals surface area contributed by atoms with Crippen LogP contribution in [0.1, 0.15) is 303 Å². The third kappa shape index (κ3) is 42.6. The third-order valence-corrected chi connectivity index (χ3v) is 15.4. The molecule has 1 aliphatic heterocycles. The summed E-state index contributed by atoms with van der Waals surface area (Å²) >= 11 is 0. The molecule has 0 aliphatic carbocycles. The van der Waals surface area contributed by atoms with Crippen LogP contribution in [0.2, 0.25) is 0 Å². The van der Waals surface area contributed by atoms with Gasteiger partial charge < -0.3 is 35.2 Å². The molecule has 1 heterocycles. The molecule has 438 valence electrons. The average molecular weight is 1070 g/mol. The number of allylic oxidation sites excluding steroid dienone is 3. The van der Waals surface area contributed by atoms with Crippen molar-refractivity contribution in [3.05, 3.63) is 24.3 Å². The van der Waals surface area contributed by atoms with E-state index in [2.05, 4.69) is 35.5 Å². The van der Waals surface area contributed by atoms with Crippen molar-refractivity contribution in [2.45, 2.75) is 346 Å². The Morgan fingerprint density at radius 1 is 0.527 bits per heavy atom. The number of ether oxygens (including phenoxy) is 2. The number of hydrogen-bond donors (Lipinski definition) is 6. The zero-order valence-corrected chi connectivity index (χ0v) is 48.5. The molecular weight excluding hydrogens is 955 g/mol. The summed E-state index contributed by atoms with van der Waals surface area (Å²) in [5.41, 5.74) is 0. The Labute approximate surface area is 454 Å². The molecule has 1 aliphatic rings. The Hall–Kier alpha value is -1.42. The fraction of sp³-hybridized carbons (Fsp3) is 0.918. The number of hydrogen-bond acceptors (Lipinski definition) is 10. The van der Waals surface area contributed by atoms with Crippen LogP contribution >= 0.6 is 0 Å². The maximum Gasteiger partial charge on any atom is 0.397 e. The molecule has 12 nitrogen and oxygen atoms in total. The summed E-state index contributed by atoms with van der Waals surface area (Å²) in [4.78, 5) is 13.1. The first kappa shape index (κ1) is 70.6. The fourth-order valence-electron chi connectivity index (χ4n) is 10.2. The van der Waals surface area contributed by atoms with E-state index in [4.69, 9.17) is 9.47 Å². The molecule has 0 bridgehead atoms. The summed E-state index contributed by atoms with van der Waals surface area (Å²) < 4.78 is 47.8. The normalized spacial score (nSPS) is 19.3. The maximum atomic E-state index is 13.1. The van der Waals surface area contributed by atoms with Gasteiger partial charge in [-0.1, -0.05) is 276 Å². The second-order valence-corrected chi connectivity index (χ2v) is 23.0. The number of nitrogens with one attached hydrogen (secondary N) is 1. The Morgan fingerprint density at radius 2 is 0.865 bits per heavy atom. The monoisotopic (exact) mass is 1070 g/mol. The van der Waals surface area contributed by atoms with Gasteiger partial charge in [0.1, 0.15) is 24.4 Å². The molecule has 1 saturated heterocycles. The van der Waals surface area contributed by atoms with Gasteiger partial charge in [0.25, 0.3) is 0 Å². The molecule has 1 fully saturated rings. The van der Waals surface area contributed by atoms with Gasteiger partial charge in [0.2, 0.25) is 5.91 Å². The molecule has 0 aromatic rings. The van der Waals surface area contributed by atoms with E-state index in [0.717, 1.165) is 38.5 Å². The van der Waals surface area contributed by atoms with Crippen LogP contribution in [0.4, 0.5) is 0 Å². The molecule has 13 heteroatoms. The molecule has 7 unspecified atom stereocenters. The molecule has 0 aromatic heterocycles. The molecular formula is C61H117NO11S. The molecule has 74 heavy (non-hydrogen) atoms. The largest absolute Gasteiger partial charge is 0.397 e. The van der Waals surface area contributed by atoms with E-state index >= 15 is 0 Å². The molecule has 0 saturated carbocycles. The van der Waals surface area contributed by atoms with Crippen LogP contribution < -0.4 is 5.32 Å². The first-order valence-corrected chi connectivity index (χ1v) is 32.6. The SMILES string of the molecule is CCCCCCCCCCCCCC/C=C\CCCCCCCCCCCCCCCCCCCC(=O)NC(COC1OC(CO)C(O)C(OS(=O)(=O)O)C1O)C(O)/C=C/CCCCCCCCCCCCCC. The fourth-order valence-corrected chi connectivity index (χ4v) is 10.7. The number of carbonyl (C=O) groups excluding carboxylic acids is 1. The van der Waals surface area contributed by atoms with Gasteiger partial charge >= 0.3 is 10.4 Å². The van der Waals surface area contributed by atoms with Crippen LogP contribution in [0.15, 0.2) is 24.3 Å². The highest BCUT2D eigenvalue weighted by Crippen LogP contribution is 2.26. The van der Waals surface area contributed by atoms with Crippen LogP contribution in [0.5, 0.6) is 0 Å². The average Bonchev–Trinajstić information content (AvgIpc) is 3.38. The molecule has 0 aromatic carbocycles. The van der Waals surface area contributed by atoms with Crippen molar-refractivity contribution in [3.8, 4) is 0 Å². The zero-order chi connectivity index (χ0) is 54.0. The van der Waals surface area contributed by atoms with Crippen molar-refractivity contribution in [3.63, 3.8) is 0 Å². The molecule has 6 N–H and O–H groups in total. The summed E-state index contributed by atoms with van der Waals surface area (Å²) in [7, 11) is -5.09. The lowest BCUT2D eigenvalue weighted by Gasteiger charge is -2.41. The number of aliphatic hydroxyl groups is 4. The molecule has 7 atom stereocenters. The summed E-state index contributed by atoms with van der Waals surface area (Å²) in [6.45, 7) is 3.43. The Balaban J connectivity index is 2.22. The predicted octanol–water partition coefficient (Wildman–Crippen LogP) is 15.2. The van der Waals surface area contributed by atoms with Crippen molar-refractivity contribution >= 4 is 16.3 Å². The van der Waals surface area contributed by atoms with Crippen molar-refractivity contribution in [2.24, 2.45) is 0 Å². The number of carbonyl (C=O) groups is 1. The van der Waals surface area contributed by atoms with Gasteiger partial charge in [-0.15, -0.1) is 0 Å². The van der Waals surface area contributed by atoms with Crippen LogP contribution in [-0.2, 0) is 28.9 Å². The number of aliphatic hydroxyl groups excluding tert-OH is 4. The van der Waals surface area contributed by atoms with E-state index in [1.165, 1.54) is 238 Å². The second kappa shape index (κ2) is 51.0. The van der Waals surface area contributed by atoms with Crippen molar-refractivity contribution < 1.29 is 51.8 Å². The smallest absolute Gasteiger partial charge is 0.394 e. The standard InChI is InChI=1S/C61H117NO11S/c1-3-5-7-9-11-13-15-17-19-20-21-22-23-24-25-26-27-28-29-30-31-32-33-34-35-36-37-39-41-43-45-47-49-51-57(65)62-54(53-71-61-59(67)60(73-74(68,69)70)58(66)56(52-63)72-61)55(64)50-48-46-44-42-40-38-18-16-14-12-10-8-6-4-2/h24-25,48,50,54-56,58-61,63-64,66-67H,3-23,26-47,49,51-53H2,1-2H3,(H,62,65)(H,68,69,70)/b25-24-,50-48+. The van der Waals surface area contributed by atoms with E-state index in [1.54, 1.807) is 6.08 Å². The lowest BCUT2D eigenvalue weighted by molar-refractivity contribution is -0.298. The first-order valence-electron chi connectivity index (χ1n) is 31.2. The van der Waals surface area contributed by atoms with Crippen molar-refractivity contribution in [2.75, 3.05) is 13.2 Å². The van der Waals surface area contributed by atoms with E-state index in [-0.39, 0.29) is 18.9 Å². The maximum absolute atomic E-state index is 13.1. The third-order valence-electron chi connectivity index (χ3n) is 15.0. The number of unbranched alkanes of at least 4 members (excludes halogenated alkanes) is 41. The van der Waals surface area contributed by atoms with E-state index in [1.807, 2.05) is 6.08 Å². The molecule has 1 rings (SSSR count). The summed E-state index contributed by atoms with van der Waals surface area (Å²) in [6.07, 6.45) is 55.4. The topological polar surface area (TPSA) is 192 Å². The van der Waals surface area contributed by atoms with Gasteiger partial charge in [0.05, 0.1) is 25.4 Å². The second-order valence-electron chi connectivity index (χ2n) is 22.0. The van der Waals surface area contributed by atoms with Crippen LogP contribution in [0, 0.1) is 0 Å². The van der Waals surface area contributed by atoms with Gasteiger partial charge in [-0.2, -0.15) is 8.42 Å². The van der Waals surface area contributed by atoms with Crippen molar-refractivity contribution in [1.82, 2.24) is 5.32 Å². The summed E-state index contributed by atoms with van der Waals surface area (Å²) in [5.74, 6) is -0.258. The summed E-state index contributed by atoms with van der Waals surface area (Å²) in [5, 5.41) is 44.9. The molecule has 1 amide bonds. The van der Waals surface area contributed by atoms with Gasteiger partial charge in [-0.25, -0.2) is 4.18 Å². The lowest BCUT2D eigenvalue weighted by Crippen LogP contribution is -2.61. The number of amides is 1. The minimum absolute atomic E-state index is 0.258. The highest BCUT2D eigenvalue weighted by molar-refractivity contribution is 7.80. The quantitative estimate of drug-likeness (QED) is 0.0193.